The highest BCUT2D eigenvalue weighted by atomic mass is 16.1. The minimum Gasteiger partial charge on any atom is -0.355 e. The van der Waals surface area contributed by atoms with E-state index in [0.29, 0.717) is 22.9 Å². The summed E-state index contributed by atoms with van der Waals surface area (Å²) in [5, 5.41) is 15.2. The van der Waals surface area contributed by atoms with Crippen molar-refractivity contribution < 1.29 is 4.79 Å². The molecule has 2 N–H and O–H groups in total. The lowest BCUT2D eigenvalue weighted by Gasteiger charge is -2.26. The Bertz CT molecular complexity index is 879. The summed E-state index contributed by atoms with van der Waals surface area (Å²) in [4.78, 5) is 22.7. The van der Waals surface area contributed by atoms with Crippen LogP contribution in [0.2, 0.25) is 0 Å². The first-order chi connectivity index (χ1) is 12.6. The Labute approximate surface area is 160 Å². The molecule has 1 amide bonds. The van der Waals surface area contributed by atoms with Crippen LogP contribution < -0.4 is 15.5 Å². The largest absolute Gasteiger partial charge is 0.355 e. The predicted octanol–water partition coefficient (Wildman–Crippen LogP) is 3.24. The maximum Gasteiger partial charge on any atom is 0.251 e. The Morgan fingerprint density at radius 1 is 1.33 bits per heavy atom. The summed E-state index contributed by atoms with van der Waals surface area (Å²) in [7, 11) is 3.51. The van der Waals surface area contributed by atoms with Crippen LogP contribution in [0.3, 0.4) is 0 Å². The molecule has 1 aromatic carbocycles. The number of carbonyl (C=O) groups excluding carboxylic acids is 1. The Balaban J connectivity index is 2.39. The van der Waals surface area contributed by atoms with Gasteiger partial charge in [0, 0.05) is 31.9 Å². The normalized spacial score (nSPS) is 10.9. The number of hydrogen-bond donors (Lipinski definition) is 2. The van der Waals surface area contributed by atoms with E-state index in [4.69, 9.17) is 0 Å². The van der Waals surface area contributed by atoms with Gasteiger partial charge >= 0.3 is 0 Å². The van der Waals surface area contributed by atoms with E-state index in [1.54, 1.807) is 19.2 Å². The smallest absolute Gasteiger partial charge is 0.251 e. The van der Waals surface area contributed by atoms with Gasteiger partial charge in [0.1, 0.15) is 11.6 Å². The van der Waals surface area contributed by atoms with Gasteiger partial charge in [-0.2, -0.15) is 10.2 Å². The molecule has 1 heterocycles. The van der Waals surface area contributed by atoms with Crippen molar-refractivity contribution in [3.63, 3.8) is 0 Å². The van der Waals surface area contributed by atoms with Crippen LogP contribution in [-0.2, 0) is 0 Å². The molecule has 0 bridgehead atoms. The molecule has 0 aliphatic carbocycles. The van der Waals surface area contributed by atoms with E-state index in [2.05, 4.69) is 47.4 Å². The molecule has 0 unspecified atom stereocenters. The Morgan fingerprint density at radius 3 is 2.63 bits per heavy atom. The van der Waals surface area contributed by atoms with Crippen molar-refractivity contribution in [2.24, 2.45) is 5.41 Å². The third-order valence-electron chi connectivity index (χ3n) is 3.93. The number of nitrogens with one attached hydrogen (secondary N) is 2. The van der Waals surface area contributed by atoms with Gasteiger partial charge in [-0.15, -0.1) is 0 Å². The van der Waals surface area contributed by atoms with Gasteiger partial charge < -0.3 is 15.5 Å². The van der Waals surface area contributed by atoms with Crippen LogP contribution in [0.15, 0.2) is 24.4 Å². The molecule has 1 aromatic heterocycles. The zero-order valence-electron chi connectivity index (χ0n) is 16.7. The van der Waals surface area contributed by atoms with Gasteiger partial charge in [-0.25, -0.2) is 4.98 Å². The summed E-state index contributed by atoms with van der Waals surface area (Å²) in [6, 6.07) is 7.47. The van der Waals surface area contributed by atoms with Gasteiger partial charge in [0.05, 0.1) is 6.20 Å². The molecule has 27 heavy (non-hydrogen) atoms. The summed E-state index contributed by atoms with van der Waals surface area (Å²) in [5.41, 5.74) is 2.61. The van der Waals surface area contributed by atoms with Crippen LogP contribution in [-0.4, -0.2) is 36.5 Å². The fraction of sp³-hybridized carbons (Fsp3) is 0.400. The maximum absolute atomic E-state index is 11.9. The van der Waals surface area contributed by atoms with Crippen LogP contribution in [0.25, 0.3) is 0 Å². The molecule has 7 heteroatoms. The lowest BCUT2D eigenvalue weighted by atomic mass is 9.96. The van der Waals surface area contributed by atoms with Crippen LogP contribution in [0.1, 0.15) is 42.3 Å². The summed E-state index contributed by atoms with van der Waals surface area (Å²) in [5.74, 6) is 0.777. The summed E-state index contributed by atoms with van der Waals surface area (Å²) >= 11 is 0. The molecule has 2 rings (SSSR count). The highest BCUT2D eigenvalue weighted by Gasteiger charge is 2.17. The van der Waals surface area contributed by atoms with Crippen molar-refractivity contribution in [1.82, 2.24) is 15.3 Å². The van der Waals surface area contributed by atoms with Crippen LogP contribution in [0.5, 0.6) is 0 Å². The Kier molecular flexibility index (Phi) is 6.01. The van der Waals surface area contributed by atoms with E-state index in [1.807, 2.05) is 24.9 Å². The highest BCUT2D eigenvalue weighted by Crippen LogP contribution is 2.25. The molecule has 0 fully saturated rings. The standard InChI is InChI=1S/C20H26N6O/c1-13-7-8-14(18(27)22-5)9-16(13)24-17-15(10-21)11-23-19(25-17)26(6)12-20(2,3)4/h7-9,11H,12H2,1-6H3,(H,22,27)(H,23,24,25). The molecule has 0 saturated heterocycles. The van der Waals surface area contributed by atoms with Crippen LogP contribution in [0, 0.1) is 23.7 Å². The minimum atomic E-state index is -0.174. The molecular formula is C20H26N6O. The summed E-state index contributed by atoms with van der Waals surface area (Å²) in [6.07, 6.45) is 1.52. The maximum atomic E-state index is 11.9. The van der Waals surface area contributed by atoms with E-state index in [9.17, 15) is 10.1 Å². The Hall–Kier alpha value is -3.14. The molecule has 0 saturated carbocycles. The number of benzene rings is 1. The number of aryl methyl sites for hydroxylation is 1. The third-order valence-corrected chi connectivity index (χ3v) is 3.93. The third kappa shape index (κ3) is 5.17. The molecule has 142 valence electrons. The van der Waals surface area contributed by atoms with E-state index >= 15 is 0 Å². The molecule has 7 nitrogen and oxygen atoms in total. The zero-order valence-corrected chi connectivity index (χ0v) is 16.7. The summed E-state index contributed by atoms with van der Waals surface area (Å²) in [6.45, 7) is 9.11. The number of nitrogens with zero attached hydrogens (tertiary/aromatic N) is 4. The predicted molar refractivity (Wildman–Crippen MR) is 107 cm³/mol. The molecule has 0 radical (unpaired) electrons. The molecule has 0 spiro atoms. The first kappa shape index (κ1) is 20.2. The molecular weight excluding hydrogens is 340 g/mol. The van der Waals surface area contributed by atoms with Crippen molar-refractivity contribution in [3.8, 4) is 6.07 Å². The average Bonchev–Trinajstić information content (AvgIpc) is 2.61. The number of aromatic nitrogens is 2. The molecule has 0 aliphatic rings. The topological polar surface area (TPSA) is 93.9 Å². The number of anilines is 3. The zero-order chi connectivity index (χ0) is 20.2. The summed E-state index contributed by atoms with van der Waals surface area (Å²) < 4.78 is 0. The van der Waals surface area contributed by atoms with Gasteiger partial charge in [-0.3, -0.25) is 4.79 Å². The van der Waals surface area contributed by atoms with Crippen molar-refractivity contribution in [3.05, 3.63) is 41.1 Å². The number of amides is 1. The molecule has 2 aromatic rings. The van der Waals surface area contributed by atoms with Gasteiger partial charge in [0.2, 0.25) is 5.95 Å². The van der Waals surface area contributed by atoms with Crippen LogP contribution in [0.4, 0.5) is 17.5 Å². The van der Waals surface area contributed by atoms with E-state index in [1.165, 1.54) is 6.20 Å². The highest BCUT2D eigenvalue weighted by molar-refractivity contribution is 5.95. The second-order valence-corrected chi connectivity index (χ2v) is 7.69. The average molecular weight is 366 g/mol. The van der Waals surface area contributed by atoms with E-state index in [-0.39, 0.29) is 11.3 Å². The number of carbonyl (C=O) groups is 1. The van der Waals surface area contributed by atoms with E-state index < -0.39 is 0 Å². The lowest BCUT2D eigenvalue weighted by molar-refractivity contribution is 0.0963. The first-order valence-corrected chi connectivity index (χ1v) is 8.72. The number of rotatable bonds is 5. The van der Waals surface area contributed by atoms with Crippen molar-refractivity contribution >= 4 is 23.4 Å². The van der Waals surface area contributed by atoms with Crippen molar-refractivity contribution in [2.45, 2.75) is 27.7 Å². The fourth-order valence-corrected chi connectivity index (χ4v) is 2.69. The van der Waals surface area contributed by atoms with E-state index in [0.717, 1.165) is 17.8 Å². The second-order valence-electron chi connectivity index (χ2n) is 7.69. The monoisotopic (exact) mass is 366 g/mol. The van der Waals surface area contributed by atoms with Gasteiger partial charge in [0.25, 0.3) is 5.91 Å². The fourth-order valence-electron chi connectivity index (χ4n) is 2.69. The molecule has 0 aliphatic heterocycles. The second kappa shape index (κ2) is 8.04. The molecule has 0 atom stereocenters. The number of hydrogen-bond acceptors (Lipinski definition) is 6. The lowest BCUT2D eigenvalue weighted by Crippen LogP contribution is -2.30. The minimum absolute atomic E-state index is 0.0814. The van der Waals surface area contributed by atoms with Crippen molar-refractivity contribution in [2.75, 3.05) is 30.9 Å². The first-order valence-electron chi connectivity index (χ1n) is 8.72. The van der Waals surface area contributed by atoms with Gasteiger partial charge in [-0.05, 0) is 30.0 Å². The van der Waals surface area contributed by atoms with Gasteiger partial charge in [0.15, 0.2) is 5.82 Å². The van der Waals surface area contributed by atoms with Crippen LogP contribution >= 0.6 is 0 Å². The number of nitriles is 1. The quantitative estimate of drug-likeness (QED) is 0.844. The Morgan fingerprint density at radius 2 is 2.04 bits per heavy atom. The van der Waals surface area contributed by atoms with Crippen molar-refractivity contribution in [1.29, 1.82) is 5.26 Å². The van der Waals surface area contributed by atoms with Gasteiger partial charge in [-0.1, -0.05) is 26.8 Å². The SMILES string of the molecule is CNC(=O)c1ccc(C)c(Nc2nc(N(C)CC(C)(C)C)ncc2C#N)c1.